The van der Waals surface area contributed by atoms with Crippen LogP contribution in [0.1, 0.15) is 50.9 Å². The lowest BCUT2D eigenvalue weighted by atomic mass is 9.95. The summed E-state index contributed by atoms with van der Waals surface area (Å²) < 4.78 is 2.13. The number of pyridine rings is 1. The topological polar surface area (TPSA) is 90.5 Å². The molecule has 1 unspecified atom stereocenters. The second-order valence-corrected chi connectivity index (χ2v) is 9.09. The van der Waals surface area contributed by atoms with E-state index in [4.69, 9.17) is 15.0 Å². The third-order valence-electron chi connectivity index (χ3n) is 6.32. The van der Waals surface area contributed by atoms with Crippen molar-refractivity contribution in [3.8, 4) is 11.3 Å². The summed E-state index contributed by atoms with van der Waals surface area (Å²) in [5.41, 5.74) is 6.12. The summed E-state index contributed by atoms with van der Waals surface area (Å²) in [5, 5.41) is 6.99. The van der Waals surface area contributed by atoms with E-state index in [1.165, 1.54) is 5.56 Å². The number of hydrogen-bond acceptors (Lipinski definition) is 6. The third kappa shape index (κ3) is 4.33. The normalized spacial score (nSPS) is 17.6. The number of rotatable bonds is 9. The molecule has 33 heavy (non-hydrogen) atoms. The van der Waals surface area contributed by atoms with E-state index in [0.29, 0.717) is 5.95 Å². The molecule has 1 saturated heterocycles. The molecule has 1 fully saturated rings. The minimum absolute atomic E-state index is 0.153. The monoisotopic (exact) mass is 441 g/mol. The molecule has 170 valence electrons. The van der Waals surface area contributed by atoms with Crippen LogP contribution in [0, 0.1) is 0 Å². The molecule has 0 saturated carbocycles. The molecule has 0 spiro atoms. The van der Waals surface area contributed by atoms with Gasteiger partial charge in [0.1, 0.15) is 5.52 Å². The van der Waals surface area contributed by atoms with Crippen LogP contribution in [0.4, 0.5) is 5.95 Å². The van der Waals surface area contributed by atoms with Gasteiger partial charge in [-0.3, -0.25) is 4.98 Å². The van der Waals surface area contributed by atoms with Crippen molar-refractivity contribution >= 4 is 17.1 Å². The van der Waals surface area contributed by atoms with Crippen molar-refractivity contribution in [2.45, 2.75) is 51.6 Å². The van der Waals surface area contributed by atoms with Crippen LogP contribution in [-0.2, 0) is 12.0 Å². The number of hydrogen-bond donors (Lipinski definition) is 2. The van der Waals surface area contributed by atoms with Gasteiger partial charge in [0.15, 0.2) is 5.65 Å². The third-order valence-corrected chi connectivity index (χ3v) is 6.32. The van der Waals surface area contributed by atoms with Crippen molar-refractivity contribution in [3.63, 3.8) is 0 Å². The maximum absolute atomic E-state index is 4.94. The summed E-state index contributed by atoms with van der Waals surface area (Å²) in [6.07, 6.45) is 6.67. The van der Waals surface area contributed by atoms with Crippen LogP contribution < -0.4 is 10.6 Å². The number of nitrogens with one attached hydrogen (secondary N) is 2. The van der Waals surface area contributed by atoms with Gasteiger partial charge >= 0.3 is 0 Å². The second-order valence-electron chi connectivity index (χ2n) is 9.09. The molecule has 7 heteroatoms. The number of aromatic nitrogens is 5. The van der Waals surface area contributed by atoms with Gasteiger partial charge in [0.05, 0.1) is 23.3 Å². The highest BCUT2D eigenvalue weighted by molar-refractivity contribution is 5.77. The lowest BCUT2D eigenvalue weighted by molar-refractivity contribution is 0.590. The molecular formula is C26H31N7. The van der Waals surface area contributed by atoms with Crippen molar-refractivity contribution in [3.05, 3.63) is 66.2 Å². The Bertz CT molecular complexity index is 1220. The van der Waals surface area contributed by atoms with Crippen molar-refractivity contribution in [2.24, 2.45) is 0 Å². The average Bonchev–Trinajstić information content (AvgIpc) is 3.52. The van der Waals surface area contributed by atoms with Gasteiger partial charge in [0.25, 0.3) is 0 Å². The summed E-state index contributed by atoms with van der Waals surface area (Å²) in [4.78, 5) is 18.9. The van der Waals surface area contributed by atoms with Crippen molar-refractivity contribution in [1.82, 2.24) is 29.8 Å². The van der Waals surface area contributed by atoms with Gasteiger partial charge in [-0.15, -0.1) is 0 Å². The summed E-state index contributed by atoms with van der Waals surface area (Å²) >= 11 is 0. The molecule has 2 N–H and O–H groups in total. The Labute approximate surface area is 194 Å². The maximum Gasteiger partial charge on any atom is 0.225 e. The van der Waals surface area contributed by atoms with Gasteiger partial charge in [-0.25, -0.2) is 9.97 Å². The molecule has 4 heterocycles. The van der Waals surface area contributed by atoms with Crippen LogP contribution in [0.25, 0.3) is 22.4 Å². The Morgan fingerprint density at radius 1 is 1.09 bits per heavy atom. The van der Waals surface area contributed by atoms with Gasteiger partial charge in [-0.2, -0.15) is 4.98 Å². The van der Waals surface area contributed by atoms with E-state index in [-0.39, 0.29) is 11.6 Å². The quantitative estimate of drug-likeness (QED) is 0.365. The number of benzene rings is 1. The molecule has 0 bridgehead atoms. The predicted octanol–water partition coefficient (Wildman–Crippen LogP) is 4.72. The van der Waals surface area contributed by atoms with Crippen LogP contribution in [0.5, 0.6) is 0 Å². The molecule has 1 aromatic carbocycles. The average molecular weight is 442 g/mol. The van der Waals surface area contributed by atoms with Crippen LogP contribution >= 0.6 is 0 Å². The number of fused-ring (bicyclic) bond motifs is 1. The van der Waals surface area contributed by atoms with E-state index in [9.17, 15) is 0 Å². The molecule has 3 aromatic heterocycles. The molecule has 5 rings (SSSR count). The summed E-state index contributed by atoms with van der Waals surface area (Å²) in [6.45, 7) is 8.22. The van der Waals surface area contributed by atoms with Crippen LogP contribution in [-0.4, -0.2) is 37.6 Å². The van der Waals surface area contributed by atoms with Crippen molar-refractivity contribution in [2.75, 3.05) is 18.4 Å². The van der Waals surface area contributed by atoms with Gasteiger partial charge in [-0.1, -0.05) is 37.3 Å². The molecule has 0 radical (unpaired) electrons. The lowest BCUT2D eigenvalue weighted by Crippen LogP contribution is -2.19. The van der Waals surface area contributed by atoms with E-state index in [0.717, 1.165) is 60.5 Å². The zero-order chi connectivity index (χ0) is 22.8. The van der Waals surface area contributed by atoms with Crippen LogP contribution in [0.15, 0.2) is 55.0 Å². The number of imidazole rings is 1. The lowest BCUT2D eigenvalue weighted by Gasteiger charge is -2.16. The minimum atomic E-state index is -0.153. The van der Waals surface area contributed by atoms with Crippen LogP contribution in [0.2, 0.25) is 0 Å². The Kier molecular flexibility index (Phi) is 5.81. The highest BCUT2D eigenvalue weighted by Gasteiger charge is 2.47. The summed E-state index contributed by atoms with van der Waals surface area (Å²) in [7, 11) is 0. The maximum atomic E-state index is 4.94. The van der Waals surface area contributed by atoms with E-state index in [1.807, 2.05) is 30.7 Å². The number of nitrogens with zero attached hydrogens (tertiary/aromatic N) is 5. The molecule has 7 nitrogen and oxygen atoms in total. The first-order valence-electron chi connectivity index (χ1n) is 11.8. The SMILES string of the molecule is CCCNc1nc(C2(CCc3ccc(-c4ccccn4)cc3)CN2)c2ncn(C(C)C)c2n1. The highest BCUT2D eigenvalue weighted by Crippen LogP contribution is 2.38. The van der Waals surface area contributed by atoms with E-state index in [2.05, 4.69) is 65.2 Å². The zero-order valence-electron chi connectivity index (χ0n) is 19.5. The number of aryl methyl sites for hydroxylation is 1. The first-order chi connectivity index (χ1) is 16.1. The number of anilines is 1. The molecule has 0 aliphatic carbocycles. The van der Waals surface area contributed by atoms with Crippen LogP contribution in [0.3, 0.4) is 0 Å². The van der Waals surface area contributed by atoms with E-state index in [1.54, 1.807) is 0 Å². The van der Waals surface area contributed by atoms with Gasteiger partial charge in [-0.05, 0) is 50.8 Å². The first kappa shape index (κ1) is 21.5. The molecule has 4 aromatic rings. The molecular weight excluding hydrogens is 410 g/mol. The fourth-order valence-corrected chi connectivity index (χ4v) is 4.25. The largest absolute Gasteiger partial charge is 0.354 e. The molecule has 1 aliphatic rings. The Hall–Kier alpha value is -3.32. The second kappa shape index (κ2) is 8.90. The predicted molar refractivity (Wildman–Crippen MR) is 132 cm³/mol. The van der Waals surface area contributed by atoms with Gasteiger partial charge in [0, 0.05) is 30.9 Å². The fraction of sp³-hybridized carbons (Fsp3) is 0.385. The zero-order valence-corrected chi connectivity index (χ0v) is 19.5. The standard InChI is InChI=1S/C26H31N7/c1-4-14-28-25-31-23(22-24(32-25)33(17-29-22)18(2)3)26(16-30-26)13-12-19-8-10-20(11-9-19)21-7-5-6-15-27-21/h5-11,15,17-18,30H,4,12-14,16H2,1-3H3,(H,28,31,32). The minimum Gasteiger partial charge on any atom is -0.354 e. The van der Waals surface area contributed by atoms with E-state index < -0.39 is 0 Å². The van der Waals surface area contributed by atoms with Crippen molar-refractivity contribution < 1.29 is 0 Å². The van der Waals surface area contributed by atoms with E-state index >= 15 is 0 Å². The Morgan fingerprint density at radius 3 is 2.58 bits per heavy atom. The van der Waals surface area contributed by atoms with Crippen molar-refractivity contribution in [1.29, 1.82) is 0 Å². The molecule has 1 atom stereocenters. The molecule has 1 aliphatic heterocycles. The molecule has 0 amide bonds. The Morgan fingerprint density at radius 2 is 1.91 bits per heavy atom. The summed E-state index contributed by atoms with van der Waals surface area (Å²) in [6, 6.07) is 15.0. The van der Waals surface area contributed by atoms with Gasteiger partial charge < -0.3 is 15.2 Å². The smallest absolute Gasteiger partial charge is 0.225 e. The first-order valence-corrected chi connectivity index (χ1v) is 11.8. The highest BCUT2D eigenvalue weighted by atomic mass is 15.2. The summed E-state index contributed by atoms with van der Waals surface area (Å²) in [5.74, 6) is 0.689. The Balaban J connectivity index is 1.40. The van der Waals surface area contributed by atoms with Gasteiger partial charge in [0.2, 0.25) is 5.95 Å². The fourth-order valence-electron chi connectivity index (χ4n) is 4.25.